The summed E-state index contributed by atoms with van der Waals surface area (Å²) in [6.45, 7) is 6.80. The zero-order valence-corrected chi connectivity index (χ0v) is 19.1. The van der Waals surface area contributed by atoms with E-state index >= 15 is 0 Å². The van der Waals surface area contributed by atoms with E-state index in [1.165, 1.54) is 6.33 Å². The number of nitrogens with two attached hydrogens (primary N) is 2. The summed E-state index contributed by atoms with van der Waals surface area (Å²) in [5, 5.41) is 10.2. The smallest absolute Gasteiger partial charge is 0.148 e. The summed E-state index contributed by atoms with van der Waals surface area (Å²) >= 11 is 0. The molecule has 2 aromatic rings. The second-order valence-electron chi connectivity index (χ2n) is 7.93. The molecule has 3 atom stereocenters. The van der Waals surface area contributed by atoms with E-state index in [4.69, 9.17) is 20.9 Å². The van der Waals surface area contributed by atoms with Crippen molar-refractivity contribution in [3.63, 3.8) is 0 Å². The number of nitrogens with zero attached hydrogens (tertiary/aromatic N) is 3. The van der Waals surface area contributed by atoms with Crippen LogP contribution in [0.25, 0.3) is 11.0 Å². The molecule has 0 aliphatic carbocycles. The largest absolute Gasteiger partial charge is 0.396 e. The van der Waals surface area contributed by atoms with Gasteiger partial charge in [0, 0.05) is 24.0 Å². The third-order valence-corrected chi connectivity index (χ3v) is 7.50. The lowest BCUT2D eigenvalue weighted by molar-refractivity contribution is -0.0382. The Morgan fingerprint density at radius 1 is 1.40 bits per heavy atom. The van der Waals surface area contributed by atoms with Gasteiger partial charge in [0.2, 0.25) is 0 Å². The molecular formula is C20H29N5O3S2. The number of aliphatic hydroxyl groups is 1. The summed E-state index contributed by atoms with van der Waals surface area (Å²) in [6.07, 6.45) is 3.85. The highest BCUT2D eigenvalue weighted by Crippen LogP contribution is 2.39. The molecule has 8 nitrogen and oxygen atoms in total. The van der Waals surface area contributed by atoms with Crippen LogP contribution in [0.15, 0.2) is 12.5 Å². The predicted octanol–water partition coefficient (Wildman–Crippen LogP) is 2.52. The molecule has 5 N–H and O–H groups in total. The van der Waals surface area contributed by atoms with E-state index < -0.39 is 0 Å². The third-order valence-electron chi connectivity index (χ3n) is 4.51. The fourth-order valence-electron chi connectivity index (χ4n) is 3.32. The number of nitrogen functional groups attached to an aromatic ring is 1. The second-order valence-corrected chi connectivity index (χ2v) is 11.0. The first-order valence-electron chi connectivity index (χ1n) is 9.82. The number of rotatable bonds is 7. The van der Waals surface area contributed by atoms with E-state index in [0.29, 0.717) is 35.6 Å². The minimum Gasteiger partial charge on any atom is -0.396 e. The van der Waals surface area contributed by atoms with Gasteiger partial charge < -0.3 is 30.6 Å². The fraction of sp³-hybridized carbons (Fsp3) is 0.600. The first kappa shape index (κ1) is 23.2. The summed E-state index contributed by atoms with van der Waals surface area (Å²) in [4.78, 5) is 8.50. The molecule has 30 heavy (non-hydrogen) atoms. The Morgan fingerprint density at radius 3 is 2.90 bits per heavy atom. The molecule has 1 saturated heterocycles. The van der Waals surface area contributed by atoms with Crippen LogP contribution in [-0.4, -0.2) is 55.7 Å². The van der Waals surface area contributed by atoms with Gasteiger partial charge in [-0.25, -0.2) is 9.97 Å². The Bertz CT molecular complexity index is 919. The summed E-state index contributed by atoms with van der Waals surface area (Å²) < 4.78 is 14.5. The zero-order chi connectivity index (χ0) is 21.7. The van der Waals surface area contributed by atoms with Crippen LogP contribution in [0.1, 0.15) is 45.4 Å². The lowest BCUT2D eigenvalue weighted by atomic mass is 10.1. The van der Waals surface area contributed by atoms with Crippen molar-refractivity contribution in [1.82, 2.24) is 14.5 Å². The fourth-order valence-corrected chi connectivity index (χ4v) is 5.32. The van der Waals surface area contributed by atoms with Crippen LogP contribution >= 0.6 is 21.6 Å². The molecule has 10 heteroatoms. The predicted molar refractivity (Wildman–Crippen MR) is 123 cm³/mol. The highest BCUT2D eigenvalue weighted by molar-refractivity contribution is 8.77. The molecule has 0 aromatic carbocycles. The highest BCUT2D eigenvalue weighted by atomic mass is 33.1. The van der Waals surface area contributed by atoms with Gasteiger partial charge in [-0.05, 0) is 6.42 Å². The van der Waals surface area contributed by atoms with Gasteiger partial charge in [-0.2, -0.15) is 0 Å². The standard InChI is InChI=1S/C20H29N5O3S2/c1-20(2,3)30-29-12-27-15-9-16(28-14(15)6-8-26)25-10-13(5-4-7-21)17-18(22)23-11-24-19(17)25/h10-11,14-16,26H,6-9,12,21H2,1-3H3,(H2,22,23,24). The zero-order valence-electron chi connectivity index (χ0n) is 17.5. The first-order chi connectivity index (χ1) is 14.3. The molecule has 3 unspecified atom stereocenters. The number of aromatic nitrogens is 3. The van der Waals surface area contributed by atoms with Crippen molar-refractivity contribution in [2.75, 3.05) is 24.8 Å². The van der Waals surface area contributed by atoms with Gasteiger partial charge in [0.25, 0.3) is 0 Å². The Balaban J connectivity index is 1.80. The van der Waals surface area contributed by atoms with Crippen molar-refractivity contribution in [1.29, 1.82) is 0 Å². The van der Waals surface area contributed by atoms with Crippen molar-refractivity contribution in [2.45, 2.75) is 56.8 Å². The minimum atomic E-state index is -0.294. The number of ether oxygens (including phenoxy) is 2. The molecule has 1 aliphatic rings. The van der Waals surface area contributed by atoms with Crippen LogP contribution in [0.2, 0.25) is 0 Å². The van der Waals surface area contributed by atoms with Gasteiger partial charge >= 0.3 is 0 Å². The van der Waals surface area contributed by atoms with E-state index in [-0.39, 0.29) is 36.3 Å². The molecule has 3 rings (SSSR count). The van der Waals surface area contributed by atoms with Gasteiger partial charge in [0.05, 0.1) is 29.7 Å². The summed E-state index contributed by atoms with van der Waals surface area (Å²) in [7, 11) is 3.47. The van der Waals surface area contributed by atoms with E-state index in [1.54, 1.807) is 21.6 Å². The third kappa shape index (κ3) is 5.60. The molecule has 0 amide bonds. The Kier molecular flexibility index (Phi) is 7.90. The summed E-state index contributed by atoms with van der Waals surface area (Å²) in [5.41, 5.74) is 13.0. The van der Waals surface area contributed by atoms with Crippen LogP contribution < -0.4 is 11.5 Å². The van der Waals surface area contributed by atoms with Crippen LogP contribution in [0, 0.1) is 11.8 Å². The van der Waals surface area contributed by atoms with Crippen molar-refractivity contribution in [2.24, 2.45) is 5.73 Å². The second kappa shape index (κ2) is 10.2. The monoisotopic (exact) mass is 451 g/mol. The average molecular weight is 452 g/mol. The number of anilines is 1. The molecule has 3 heterocycles. The van der Waals surface area contributed by atoms with E-state index in [1.807, 2.05) is 10.8 Å². The Labute approximate surface area is 184 Å². The summed E-state index contributed by atoms with van der Waals surface area (Å²) in [5.74, 6) is 6.83. The van der Waals surface area contributed by atoms with Gasteiger partial charge in [0.1, 0.15) is 30.0 Å². The van der Waals surface area contributed by atoms with Crippen molar-refractivity contribution in [3.8, 4) is 11.8 Å². The van der Waals surface area contributed by atoms with E-state index in [0.717, 1.165) is 5.56 Å². The molecule has 0 saturated carbocycles. The van der Waals surface area contributed by atoms with Crippen molar-refractivity contribution < 1.29 is 14.6 Å². The van der Waals surface area contributed by atoms with E-state index in [9.17, 15) is 5.11 Å². The normalized spacial score (nSPS) is 21.7. The average Bonchev–Trinajstić information content (AvgIpc) is 3.25. The number of aliphatic hydroxyl groups excluding tert-OH is 1. The Morgan fingerprint density at radius 2 is 2.20 bits per heavy atom. The van der Waals surface area contributed by atoms with Crippen molar-refractivity contribution >= 4 is 38.4 Å². The molecule has 1 aliphatic heterocycles. The molecule has 1 fully saturated rings. The van der Waals surface area contributed by atoms with Gasteiger partial charge in [-0.1, -0.05) is 54.2 Å². The molecule has 0 spiro atoms. The van der Waals surface area contributed by atoms with E-state index in [2.05, 4.69) is 42.6 Å². The van der Waals surface area contributed by atoms with Crippen LogP contribution in [0.4, 0.5) is 5.82 Å². The molecule has 164 valence electrons. The first-order valence-corrected chi connectivity index (χ1v) is 12.1. The van der Waals surface area contributed by atoms with Crippen molar-refractivity contribution in [3.05, 3.63) is 18.1 Å². The molecule has 2 aromatic heterocycles. The van der Waals surface area contributed by atoms with Crippen LogP contribution in [0.5, 0.6) is 0 Å². The minimum absolute atomic E-state index is 0.0376. The summed E-state index contributed by atoms with van der Waals surface area (Å²) in [6, 6.07) is 0. The quantitative estimate of drug-likeness (QED) is 0.252. The van der Waals surface area contributed by atoms with Crippen LogP contribution in [-0.2, 0) is 9.47 Å². The highest BCUT2D eigenvalue weighted by Gasteiger charge is 2.37. The molecule has 0 radical (unpaired) electrons. The molecule has 0 bridgehead atoms. The van der Waals surface area contributed by atoms with Gasteiger partial charge in [-0.15, -0.1) is 0 Å². The topological polar surface area (TPSA) is 121 Å². The van der Waals surface area contributed by atoms with Crippen LogP contribution in [0.3, 0.4) is 0 Å². The number of fused-ring (bicyclic) bond motifs is 1. The van der Waals surface area contributed by atoms with Gasteiger partial charge in [0.15, 0.2) is 0 Å². The maximum absolute atomic E-state index is 9.47. The maximum atomic E-state index is 9.47. The maximum Gasteiger partial charge on any atom is 0.148 e. The molecular weight excluding hydrogens is 422 g/mol. The lowest BCUT2D eigenvalue weighted by Crippen LogP contribution is -2.25. The Hall–Kier alpha value is -1.48. The number of hydrogen-bond donors (Lipinski definition) is 3. The SMILES string of the molecule is CC(C)(C)SSCOC1CC(n2cc(C#CCN)c3c(N)ncnc32)OC1CCO. The lowest BCUT2D eigenvalue weighted by Gasteiger charge is -2.20. The number of hydrogen-bond acceptors (Lipinski definition) is 9. The van der Waals surface area contributed by atoms with Gasteiger partial charge in [-0.3, -0.25) is 0 Å².